The standard InChI is InChI=1S/C28H33N5O2/c1-20(21-12-5-2-6-13-21)32-26(34)24(18-11-19-31-28(29)30)33-27(35)25(22-14-7-3-8-15-22)23-16-9-4-10-17-23/h2-10,12-17,20,24-25H,11,18-19H2,1H3,(H,32,34)(H,33,35)(H4,29,30,31)/t20-,24+/m0/s1. The lowest BCUT2D eigenvalue weighted by molar-refractivity contribution is -0.129. The van der Waals surface area contributed by atoms with Crippen LogP contribution in [0, 0.1) is 0 Å². The summed E-state index contributed by atoms with van der Waals surface area (Å²) in [5.74, 6) is -1.03. The van der Waals surface area contributed by atoms with Crippen LogP contribution in [0.3, 0.4) is 0 Å². The van der Waals surface area contributed by atoms with Crippen LogP contribution in [0.5, 0.6) is 0 Å². The van der Waals surface area contributed by atoms with Gasteiger partial charge < -0.3 is 22.1 Å². The molecule has 0 heterocycles. The van der Waals surface area contributed by atoms with Crippen LogP contribution in [-0.2, 0) is 9.59 Å². The summed E-state index contributed by atoms with van der Waals surface area (Å²) in [6.45, 7) is 2.29. The first kappa shape index (κ1) is 25.5. The van der Waals surface area contributed by atoms with Gasteiger partial charge in [0.1, 0.15) is 6.04 Å². The van der Waals surface area contributed by atoms with Crippen molar-refractivity contribution in [2.75, 3.05) is 6.54 Å². The Kier molecular flexibility index (Phi) is 9.42. The second-order valence-corrected chi connectivity index (χ2v) is 8.41. The van der Waals surface area contributed by atoms with Crippen molar-refractivity contribution >= 4 is 17.8 Å². The number of hydrogen-bond donors (Lipinski definition) is 4. The average Bonchev–Trinajstić information content (AvgIpc) is 2.87. The summed E-state index contributed by atoms with van der Waals surface area (Å²) in [6.07, 6.45) is 0.934. The van der Waals surface area contributed by atoms with E-state index in [0.29, 0.717) is 19.4 Å². The molecule has 7 heteroatoms. The zero-order valence-electron chi connectivity index (χ0n) is 19.9. The predicted octanol–water partition coefficient (Wildman–Crippen LogP) is 3.23. The molecule has 3 aromatic rings. The van der Waals surface area contributed by atoms with E-state index in [4.69, 9.17) is 11.5 Å². The van der Waals surface area contributed by atoms with E-state index in [9.17, 15) is 9.59 Å². The lowest BCUT2D eigenvalue weighted by atomic mass is 9.90. The third-order valence-corrected chi connectivity index (χ3v) is 5.76. The fourth-order valence-electron chi connectivity index (χ4n) is 3.95. The molecule has 0 aliphatic carbocycles. The molecule has 0 aliphatic rings. The Bertz CT molecular complexity index is 1060. The minimum absolute atomic E-state index is 0.000885. The molecule has 0 fully saturated rings. The van der Waals surface area contributed by atoms with Gasteiger partial charge in [0.15, 0.2) is 5.96 Å². The van der Waals surface area contributed by atoms with Gasteiger partial charge in [-0.15, -0.1) is 0 Å². The first-order valence-corrected chi connectivity index (χ1v) is 11.8. The summed E-state index contributed by atoms with van der Waals surface area (Å²) >= 11 is 0. The number of carbonyl (C=O) groups is 2. The lowest BCUT2D eigenvalue weighted by Crippen LogP contribution is -2.48. The van der Waals surface area contributed by atoms with E-state index in [2.05, 4.69) is 15.6 Å². The number of guanidine groups is 1. The molecule has 0 saturated heterocycles. The topological polar surface area (TPSA) is 123 Å². The fraction of sp³-hybridized carbons (Fsp3) is 0.250. The van der Waals surface area contributed by atoms with Gasteiger partial charge in [-0.3, -0.25) is 14.6 Å². The van der Waals surface area contributed by atoms with Crippen molar-refractivity contribution in [1.29, 1.82) is 0 Å². The van der Waals surface area contributed by atoms with Crippen LogP contribution >= 0.6 is 0 Å². The van der Waals surface area contributed by atoms with Crippen LogP contribution in [0.2, 0.25) is 0 Å². The summed E-state index contributed by atoms with van der Waals surface area (Å²) in [7, 11) is 0. The molecule has 182 valence electrons. The van der Waals surface area contributed by atoms with Crippen LogP contribution in [0.25, 0.3) is 0 Å². The number of amides is 2. The highest BCUT2D eigenvalue weighted by Gasteiger charge is 2.28. The van der Waals surface area contributed by atoms with Gasteiger partial charge in [-0.05, 0) is 36.5 Å². The first-order valence-electron chi connectivity index (χ1n) is 11.8. The van der Waals surface area contributed by atoms with E-state index in [1.54, 1.807) is 0 Å². The monoisotopic (exact) mass is 471 g/mol. The Labute approximate surface area is 206 Å². The molecule has 0 aliphatic heterocycles. The molecule has 0 saturated carbocycles. The Hall–Kier alpha value is -4.13. The molecule has 0 spiro atoms. The molecule has 3 aromatic carbocycles. The molecule has 2 amide bonds. The van der Waals surface area contributed by atoms with Crippen molar-refractivity contribution in [3.8, 4) is 0 Å². The highest BCUT2D eigenvalue weighted by Crippen LogP contribution is 2.25. The van der Waals surface area contributed by atoms with E-state index in [-0.39, 0.29) is 23.8 Å². The highest BCUT2D eigenvalue weighted by atomic mass is 16.2. The van der Waals surface area contributed by atoms with Crippen molar-refractivity contribution < 1.29 is 9.59 Å². The number of nitrogens with one attached hydrogen (secondary N) is 2. The zero-order chi connectivity index (χ0) is 25.0. The van der Waals surface area contributed by atoms with Crippen LogP contribution < -0.4 is 22.1 Å². The molecule has 2 atom stereocenters. The van der Waals surface area contributed by atoms with E-state index >= 15 is 0 Å². The highest BCUT2D eigenvalue weighted by molar-refractivity contribution is 5.92. The SMILES string of the molecule is C[C@H](NC(=O)[C@@H](CCCN=C(N)N)NC(=O)C(c1ccccc1)c1ccccc1)c1ccccc1. The summed E-state index contributed by atoms with van der Waals surface area (Å²) in [4.78, 5) is 30.9. The largest absolute Gasteiger partial charge is 0.370 e. The summed E-state index contributed by atoms with van der Waals surface area (Å²) in [6, 6.07) is 27.9. The number of carbonyl (C=O) groups excluding carboxylic acids is 2. The van der Waals surface area contributed by atoms with Gasteiger partial charge in [0.25, 0.3) is 0 Å². The number of nitrogens with zero attached hydrogens (tertiary/aromatic N) is 1. The Morgan fingerprint density at radius 3 is 1.71 bits per heavy atom. The molecule has 7 nitrogen and oxygen atoms in total. The van der Waals surface area contributed by atoms with Gasteiger partial charge in [-0.25, -0.2) is 0 Å². The van der Waals surface area contributed by atoms with Gasteiger partial charge in [0.05, 0.1) is 12.0 Å². The van der Waals surface area contributed by atoms with Crippen LogP contribution in [0.1, 0.15) is 48.4 Å². The predicted molar refractivity (Wildman–Crippen MR) is 140 cm³/mol. The maximum atomic E-state index is 13.6. The Morgan fingerprint density at radius 2 is 1.23 bits per heavy atom. The molecule has 6 N–H and O–H groups in total. The normalized spacial score (nSPS) is 12.4. The number of hydrogen-bond acceptors (Lipinski definition) is 3. The molecular formula is C28H33N5O2. The number of aliphatic imine (C=N–C) groups is 1. The van der Waals surface area contributed by atoms with Gasteiger partial charge in [-0.1, -0.05) is 91.0 Å². The van der Waals surface area contributed by atoms with E-state index in [1.165, 1.54) is 0 Å². The van der Waals surface area contributed by atoms with Crippen LogP contribution in [0.4, 0.5) is 0 Å². The van der Waals surface area contributed by atoms with Crippen molar-refractivity contribution in [3.05, 3.63) is 108 Å². The van der Waals surface area contributed by atoms with Crippen molar-refractivity contribution in [2.45, 2.75) is 37.8 Å². The van der Waals surface area contributed by atoms with Crippen molar-refractivity contribution in [2.24, 2.45) is 16.5 Å². The van der Waals surface area contributed by atoms with Gasteiger partial charge in [-0.2, -0.15) is 0 Å². The van der Waals surface area contributed by atoms with Gasteiger partial charge in [0.2, 0.25) is 11.8 Å². The van der Waals surface area contributed by atoms with Crippen molar-refractivity contribution in [3.63, 3.8) is 0 Å². The Balaban J connectivity index is 1.80. The number of rotatable bonds is 11. The minimum atomic E-state index is -0.738. The minimum Gasteiger partial charge on any atom is -0.370 e. The summed E-state index contributed by atoms with van der Waals surface area (Å²) < 4.78 is 0. The second kappa shape index (κ2) is 12.9. The summed E-state index contributed by atoms with van der Waals surface area (Å²) in [5, 5.41) is 6.03. The maximum Gasteiger partial charge on any atom is 0.243 e. The fourth-order valence-corrected chi connectivity index (χ4v) is 3.95. The molecule has 0 bridgehead atoms. The summed E-state index contributed by atoms with van der Waals surface area (Å²) in [5.41, 5.74) is 13.5. The first-order chi connectivity index (χ1) is 17.0. The Morgan fingerprint density at radius 1 is 0.743 bits per heavy atom. The third-order valence-electron chi connectivity index (χ3n) is 5.76. The molecule has 3 rings (SSSR count). The van der Waals surface area contributed by atoms with E-state index in [1.807, 2.05) is 97.9 Å². The maximum absolute atomic E-state index is 13.6. The molecule has 0 unspecified atom stereocenters. The lowest BCUT2D eigenvalue weighted by Gasteiger charge is -2.24. The third kappa shape index (κ3) is 7.71. The van der Waals surface area contributed by atoms with Crippen LogP contribution in [-0.4, -0.2) is 30.4 Å². The molecule has 35 heavy (non-hydrogen) atoms. The average molecular weight is 472 g/mol. The van der Waals surface area contributed by atoms with E-state index in [0.717, 1.165) is 16.7 Å². The smallest absolute Gasteiger partial charge is 0.243 e. The second-order valence-electron chi connectivity index (χ2n) is 8.41. The molecule has 0 radical (unpaired) electrons. The van der Waals surface area contributed by atoms with Gasteiger partial charge in [0, 0.05) is 6.54 Å². The van der Waals surface area contributed by atoms with Crippen molar-refractivity contribution in [1.82, 2.24) is 10.6 Å². The quantitative estimate of drug-likeness (QED) is 0.195. The zero-order valence-corrected chi connectivity index (χ0v) is 19.9. The van der Waals surface area contributed by atoms with Crippen LogP contribution in [0.15, 0.2) is 96.0 Å². The molecule has 0 aromatic heterocycles. The number of benzene rings is 3. The molecular weight excluding hydrogens is 438 g/mol. The van der Waals surface area contributed by atoms with E-state index < -0.39 is 12.0 Å². The number of nitrogens with two attached hydrogens (primary N) is 2. The van der Waals surface area contributed by atoms with Gasteiger partial charge >= 0.3 is 0 Å².